The van der Waals surface area contributed by atoms with Gasteiger partial charge in [0.1, 0.15) is 5.75 Å². The highest BCUT2D eigenvalue weighted by Gasteiger charge is 2.28. The van der Waals surface area contributed by atoms with Crippen molar-refractivity contribution in [1.82, 2.24) is 4.90 Å². The standard InChI is InChI=1S/C21H23ClN2O3/c1-2-27-19-8-6-18(7-9-19)23-20(25)15-10-12-24(13-11-15)21(26)16-4-3-5-17(22)14-16/h3-9,14-15H,2,10-13H2,1H3,(H,23,25). The van der Waals surface area contributed by atoms with Gasteiger partial charge in [0.05, 0.1) is 6.61 Å². The third-order valence-electron chi connectivity index (χ3n) is 4.66. The number of anilines is 1. The number of piperidine rings is 1. The maximum atomic E-state index is 12.6. The molecule has 0 radical (unpaired) electrons. The summed E-state index contributed by atoms with van der Waals surface area (Å²) in [6.07, 6.45) is 1.30. The fourth-order valence-corrected chi connectivity index (χ4v) is 3.38. The number of rotatable bonds is 5. The number of ether oxygens (including phenoxy) is 1. The van der Waals surface area contributed by atoms with Gasteiger partial charge >= 0.3 is 0 Å². The van der Waals surface area contributed by atoms with Crippen LogP contribution in [0.1, 0.15) is 30.1 Å². The van der Waals surface area contributed by atoms with Gasteiger partial charge in [0.15, 0.2) is 0 Å². The van der Waals surface area contributed by atoms with Crippen molar-refractivity contribution < 1.29 is 14.3 Å². The first-order chi connectivity index (χ1) is 13.1. The van der Waals surface area contributed by atoms with Gasteiger partial charge in [0.2, 0.25) is 5.91 Å². The van der Waals surface area contributed by atoms with Gasteiger partial charge in [-0.2, -0.15) is 0 Å². The van der Waals surface area contributed by atoms with Gasteiger partial charge in [-0.25, -0.2) is 0 Å². The number of likely N-dealkylation sites (tertiary alicyclic amines) is 1. The van der Waals surface area contributed by atoms with Gasteiger partial charge in [-0.05, 0) is 62.2 Å². The Morgan fingerprint density at radius 2 is 1.85 bits per heavy atom. The second-order valence-electron chi connectivity index (χ2n) is 6.52. The van der Waals surface area contributed by atoms with E-state index in [4.69, 9.17) is 16.3 Å². The zero-order valence-electron chi connectivity index (χ0n) is 15.3. The van der Waals surface area contributed by atoms with Crippen molar-refractivity contribution >= 4 is 29.1 Å². The quantitative estimate of drug-likeness (QED) is 0.836. The zero-order chi connectivity index (χ0) is 19.2. The topological polar surface area (TPSA) is 58.6 Å². The molecule has 142 valence electrons. The molecule has 6 heteroatoms. The third kappa shape index (κ3) is 5.01. The highest BCUT2D eigenvalue weighted by molar-refractivity contribution is 6.30. The molecule has 2 aromatic rings. The Labute approximate surface area is 164 Å². The molecule has 0 aromatic heterocycles. The number of hydrogen-bond donors (Lipinski definition) is 1. The summed E-state index contributed by atoms with van der Waals surface area (Å²) in [6.45, 7) is 3.66. The van der Waals surface area contributed by atoms with Crippen LogP contribution in [-0.4, -0.2) is 36.4 Å². The van der Waals surface area contributed by atoms with E-state index in [9.17, 15) is 9.59 Å². The summed E-state index contributed by atoms with van der Waals surface area (Å²) in [5.74, 6) is 0.639. The van der Waals surface area contributed by atoms with E-state index in [0.29, 0.717) is 43.1 Å². The Balaban J connectivity index is 1.52. The number of carbonyl (C=O) groups is 2. The minimum absolute atomic E-state index is 0.00554. The molecule has 0 unspecified atom stereocenters. The second kappa shape index (κ2) is 8.91. The van der Waals surface area contributed by atoms with E-state index in [1.807, 2.05) is 31.2 Å². The van der Waals surface area contributed by atoms with Crippen LogP contribution in [0.5, 0.6) is 5.75 Å². The summed E-state index contributed by atoms with van der Waals surface area (Å²) in [6, 6.07) is 14.3. The van der Waals surface area contributed by atoms with Crippen LogP contribution in [0.3, 0.4) is 0 Å². The first-order valence-electron chi connectivity index (χ1n) is 9.15. The molecule has 5 nitrogen and oxygen atoms in total. The summed E-state index contributed by atoms with van der Waals surface area (Å²) >= 11 is 5.97. The van der Waals surface area contributed by atoms with Crippen molar-refractivity contribution in [2.24, 2.45) is 5.92 Å². The lowest BCUT2D eigenvalue weighted by Crippen LogP contribution is -2.41. The van der Waals surface area contributed by atoms with Gasteiger partial charge in [-0.1, -0.05) is 17.7 Å². The van der Waals surface area contributed by atoms with Crippen molar-refractivity contribution in [3.63, 3.8) is 0 Å². The van der Waals surface area contributed by atoms with Crippen molar-refractivity contribution in [3.8, 4) is 5.75 Å². The van der Waals surface area contributed by atoms with E-state index in [0.717, 1.165) is 11.4 Å². The lowest BCUT2D eigenvalue weighted by atomic mass is 9.95. The number of amides is 2. The van der Waals surface area contributed by atoms with E-state index < -0.39 is 0 Å². The number of nitrogens with one attached hydrogen (secondary N) is 1. The van der Waals surface area contributed by atoms with E-state index >= 15 is 0 Å². The predicted octanol–water partition coefficient (Wildman–Crippen LogP) is 4.23. The Kier molecular flexibility index (Phi) is 6.35. The zero-order valence-corrected chi connectivity index (χ0v) is 16.0. The second-order valence-corrected chi connectivity index (χ2v) is 6.96. The molecule has 2 amide bonds. The number of nitrogens with zero attached hydrogens (tertiary/aromatic N) is 1. The van der Waals surface area contributed by atoms with Crippen LogP contribution in [0, 0.1) is 5.92 Å². The van der Waals surface area contributed by atoms with Crippen molar-refractivity contribution in [2.45, 2.75) is 19.8 Å². The first-order valence-corrected chi connectivity index (χ1v) is 9.53. The Morgan fingerprint density at radius 3 is 2.48 bits per heavy atom. The molecule has 27 heavy (non-hydrogen) atoms. The smallest absolute Gasteiger partial charge is 0.253 e. The summed E-state index contributed by atoms with van der Waals surface area (Å²) in [7, 11) is 0. The molecule has 0 aliphatic carbocycles. The molecule has 0 bridgehead atoms. The van der Waals surface area contributed by atoms with Crippen LogP contribution in [0.4, 0.5) is 5.69 Å². The van der Waals surface area contributed by atoms with E-state index in [1.165, 1.54) is 0 Å². The van der Waals surface area contributed by atoms with E-state index in [1.54, 1.807) is 29.2 Å². The van der Waals surface area contributed by atoms with Gasteiger partial charge < -0.3 is 15.0 Å². The summed E-state index contributed by atoms with van der Waals surface area (Å²) in [5, 5.41) is 3.50. The Morgan fingerprint density at radius 1 is 1.15 bits per heavy atom. The molecule has 1 aliphatic heterocycles. The molecule has 1 N–H and O–H groups in total. The van der Waals surface area contributed by atoms with Gasteiger partial charge in [0.25, 0.3) is 5.91 Å². The molecule has 1 fully saturated rings. The van der Waals surface area contributed by atoms with Crippen LogP contribution in [0.15, 0.2) is 48.5 Å². The Bertz CT molecular complexity index is 799. The molecule has 1 heterocycles. The fourth-order valence-electron chi connectivity index (χ4n) is 3.19. The number of carbonyl (C=O) groups excluding carboxylic acids is 2. The molecule has 1 aliphatic rings. The maximum absolute atomic E-state index is 12.6. The van der Waals surface area contributed by atoms with Crippen LogP contribution >= 0.6 is 11.6 Å². The van der Waals surface area contributed by atoms with Crippen molar-refractivity contribution in [2.75, 3.05) is 25.0 Å². The summed E-state index contributed by atoms with van der Waals surface area (Å²) in [4.78, 5) is 26.8. The average molecular weight is 387 g/mol. The first kappa shape index (κ1) is 19.2. The molecule has 3 rings (SSSR count). The molecule has 0 atom stereocenters. The number of benzene rings is 2. The van der Waals surface area contributed by atoms with Crippen molar-refractivity contribution in [3.05, 3.63) is 59.1 Å². The average Bonchev–Trinajstić information content (AvgIpc) is 2.69. The van der Waals surface area contributed by atoms with Gasteiger partial charge in [0, 0.05) is 35.3 Å². The van der Waals surface area contributed by atoms with Crippen LogP contribution < -0.4 is 10.1 Å². The molecule has 0 saturated carbocycles. The molecular formula is C21H23ClN2O3. The Hall–Kier alpha value is -2.53. The van der Waals surface area contributed by atoms with E-state index in [-0.39, 0.29) is 17.7 Å². The summed E-state index contributed by atoms with van der Waals surface area (Å²) < 4.78 is 5.40. The minimum Gasteiger partial charge on any atom is -0.494 e. The third-order valence-corrected chi connectivity index (χ3v) is 4.89. The highest BCUT2D eigenvalue weighted by Crippen LogP contribution is 2.23. The maximum Gasteiger partial charge on any atom is 0.253 e. The van der Waals surface area contributed by atoms with Crippen LogP contribution in [0.25, 0.3) is 0 Å². The SMILES string of the molecule is CCOc1ccc(NC(=O)C2CCN(C(=O)c3cccc(Cl)c3)CC2)cc1. The van der Waals surface area contributed by atoms with Crippen molar-refractivity contribution in [1.29, 1.82) is 0 Å². The van der Waals surface area contributed by atoms with Crippen LogP contribution in [0.2, 0.25) is 5.02 Å². The summed E-state index contributed by atoms with van der Waals surface area (Å²) in [5.41, 5.74) is 1.33. The fraction of sp³-hybridized carbons (Fsp3) is 0.333. The molecule has 0 spiro atoms. The number of hydrogen-bond acceptors (Lipinski definition) is 3. The predicted molar refractivity (Wildman–Crippen MR) is 106 cm³/mol. The largest absolute Gasteiger partial charge is 0.494 e. The van der Waals surface area contributed by atoms with Gasteiger partial charge in [-0.15, -0.1) is 0 Å². The molecular weight excluding hydrogens is 364 g/mol. The van der Waals surface area contributed by atoms with Gasteiger partial charge in [-0.3, -0.25) is 9.59 Å². The highest BCUT2D eigenvalue weighted by atomic mass is 35.5. The monoisotopic (exact) mass is 386 g/mol. The lowest BCUT2D eigenvalue weighted by molar-refractivity contribution is -0.121. The molecule has 1 saturated heterocycles. The minimum atomic E-state index is -0.0972. The lowest BCUT2D eigenvalue weighted by Gasteiger charge is -2.31. The van der Waals surface area contributed by atoms with Crippen LogP contribution in [-0.2, 0) is 4.79 Å². The van der Waals surface area contributed by atoms with E-state index in [2.05, 4.69) is 5.32 Å². The molecule has 2 aromatic carbocycles. The number of halogens is 1. The normalized spacial score (nSPS) is 14.7.